The first-order chi connectivity index (χ1) is 7.67. The van der Waals surface area contributed by atoms with Gasteiger partial charge in [0, 0.05) is 0 Å². The Labute approximate surface area is 98.3 Å². The molecule has 1 atom stereocenters. The number of hydrogen-bond acceptors (Lipinski definition) is 2. The van der Waals surface area contributed by atoms with Crippen molar-refractivity contribution in [2.45, 2.75) is 39.7 Å². The highest BCUT2D eigenvalue weighted by Gasteiger charge is 2.06. The topological polar surface area (TPSA) is 29.5 Å². The first kappa shape index (κ1) is 13.0. The van der Waals surface area contributed by atoms with E-state index in [1.54, 1.807) is 6.92 Å². The number of ether oxygens (including phenoxy) is 1. The molecular weight excluding hydrogens is 200 g/mol. The van der Waals surface area contributed by atoms with Crippen molar-refractivity contribution in [2.24, 2.45) is 5.92 Å². The van der Waals surface area contributed by atoms with Gasteiger partial charge in [-0.1, -0.05) is 38.8 Å². The van der Waals surface area contributed by atoms with Crippen LogP contribution in [-0.4, -0.2) is 11.7 Å². The second-order valence-electron chi connectivity index (χ2n) is 4.24. The molecule has 0 heterocycles. The van der Waals surface area contributed by atoms with Crippen LogP contribution < -0.4 is 4.74 Å². The molecule has 0 aromatic heterocycles. The van der Waals surface area contributed by atoms with Crippen molar-refractivity contribution in [1.29, 1.82) is 0 Å². The minimum Gasteiger partial charge on any atom is -0.493 e. The van der Waals surface area contributed by atoms with Crippen LogP contribution >= 0.6 is 0 Å². The molecule has 0 aliphatic heterocycles. The lowest BCUT2D eigenvalue weighted by atomic mass is 10.1. The minimum absolute atomic E-state index is 0.434. The maximum absolute atomic E-state index is 9.46. The van der Waals surface area contributed by atoms with Crippen LogP contribution in [0.1, 0.15) is 45.3 Å². The number of rotatable bonds is 6. The first-order valence-electron chi connectivity index (χ1n) is 6.08. The summed E-state index contributed by atoms with van der Waals surface area (Å²) >= 11 is 0. The number of hydrogen-bond donors (Lipinski definition) is 1. The molecule has 0 amide bonds. The molecule has 0 bridgehead atoms. The largest absolute Gasteiger partial charge is 0.493 e. The second kappa shape index (κ2) is 6.54. The van der Waals surface area contributed by atoms with Gasteiger partial charge in [-0.3, -0.25) is 0 Å². The highest BCUT2D eigenvalue weighted by molar-refractivity contribution is 5.29. The summed E-state index contributed by atoms with van der Waals surface area (Å²) in [6, 6.07) is 7.68. The Morgan fingerprint density at radius 2 is 1.94 bits per heavy atom. The molecule has 90 valence electrons. The summed E-state index contributed by atoms with van der Waals surface area (Å²) in [6.07, 6.45) is 1.86. The number of aliphatic hydroxyl groups excluding tert-OH is 1. The molecule has 0 unspecified atom stereocenters. The van der Waals surface area contributed by atoms with Crippen LogP contribution in [0, 0.1) is 5.92 Å². The SMILES string of the molecule is CCC(CC)COc1cccc([C@@H](C)O)c1. The third kappa shape index (κ3) is 3.86. The van der Waals surface area contributed by atoms with Gasteiger partial charge in [0.2, 0.25) is 0 Å². The Kier molecular flexibility index (Phi) is 5.33. The molecule has 16 heavy (non-hydrogen) atoms. The Balaban J connectivity index is 2.56. The van der Waals surface area contributed by atoms with Crippen molar-refractivity contribution in [3.8, 4) is 5.75 Å². The van der Waals surface area contributed by atoms with Gasteiger partial charge in [0.1, 0.15) is 5.75 Å². The number of aliphatic hydroxyl groups is 1. The van der Waals surface area contributed by atoms with Crippen LogP contribution in [0.3, 0.4) is 0 Å². The van der Waals surface area contributed by atoms with Crippen molar-refractivity contribution in [2.75, 3.05) is 6.61 Å². The standard InChI is InChI=1S/C14H22O2/c1-4-12(5-2)10-16-14-8-6-7-13(9-14)11(3)15/h6-9,11-12,15H,4-5,10H2,1-3H3/t11-/m1/s1. The Hall–Kier alpha value is -1.02. The highest BCUT2D eigenvalue weighted by Crippen LogP contribution is 2.20. The molecule has 1 N–H and O–H groups in total. The summed E-state index contributed by atoms with van der Waals surface area (Å²) in [6.45, 7) is 6.89. The van der Waals surface area contributed by atoms with Crippen molar-refractivity contribution in [3.05, 3.63) is 29.8 Å². The zero-order valence-electron chi connectivity index (χ0n) is 10.4. The monoisotopic (exact) mass is 222 g/mol. The lowest BCUT2D eigenvalue weighted by Crippen LogP contribution is -2.10. The van der Waals surface area contributed by atoms with Crippen LogP contribution in [0.25, 0.3) is 0 Å². The van der Waals surface area contributed by atoms with Crippen LogP contribution in [-0.2, 0) is 0 Å². The van der Waals surface area contributed by atoms with E-state index >= 15 is 0 Å². The lowest BCUT2D eigenvalue weighted by Gasteiger charge is -2.14. The van der Waals surface area contributed by atoms with Gasteiger partial charge in [0.25, 0.3) is 0 Å². The zero-order valence-corrected chi connectivity index (χ0v) is 10.4. The third-order valence-corrected chi connectivity index (χ3v) is 2.98. The summed E-state index contributed by atoms with van der Waals surface area (Å²) in [5.41, 5.74) is 0.905. The van der Waals surface area contributed by atoms with Crippen molar-refractivity contribution >= 4 is 0 Å². The van der Waals surface area contributed by atoms with E-state index in [0.717, 1.165) is 30.8 Å². The summed E-state index contributed by atoms with van der Waals surface area (Å²) in [7, 11) is 0. The number of benzene rings is 1. The van der Waals surface area contributed by atoms with Gasteiger partial charge in [0.15, 0.2) is 0 Å². The Morgan fingerprint density at radius 1 is 1.25 bits per heavy atom. The van der Waals surface area contributed by atoms with E-state index in [0.29, 0.717) is 5.92 Å². The van der Waals surface area contributed by atoms with E-state index in [9.17, 15) is 5.11 Å². The van der Waals surface area contributed by atoms with Crippen molar-refractivity contribution in [1.82, 2.24) is 0 Å². The van der Waals surface area contributed by atoms with Gasteiger partial charge < -0.3 is 9.84 Å². The molecule has 0 saturated heterocycles. The van der Waals surface area contributed by atoms with Gasteiger partial charge >= 0.3 is 0 Å². The molecule has 0 fully saturated rings. The van der Waals surface area contributed by atoms with Gasteiger partial charge in [-0.2, -0.15) is 0 Å². The van der Waals surface area contributed by atoms with Gasteiger partial charge in [0.05, 0.1) is 12.7 Å². The van der Waals surface area contributed by atoms with Crippen LogP contribution in [0.2, 0.25) is 0 Å². The van der Waals surface area contributed by atoms with E-state index in [1.165, 1.54) is 0 Å². The fourth-order valence-electron chi connectivity index (χ4n) is 1.60. The zero-order chi connectivity index (χ0) is 12.0. The fourth-order valence-corrected chi connectivity index (χ4v) is 1.60. The maximum Gasteiger partial charge on any atom is 0.119 e. The predicted octanol–water partition coefficient (Wildman–Crippen LogP) is 3.55. The van der Waals surface area contributed by atoms with Gasteiger partial charge in [-0.25, -0.2) is 0 Å². The van der Waals surface area contributed by atoms with Crippen LogP contribution in [0.5, 0.6) is 5.75 Å². The maximum atomic E-state index is 9.46. The normalized spacial score (nSPS) is 12.8. The molecule has 0 radical (unpaired) electrons. The Bertz CT molecular complexity index is 303. The third-order valence-electron chi connectivity index (χ3n) is 2.98. The molecule has 2 nitrogen and oxygen atoms in total. The van der Waals surface area contributed by atoms with E-state index in [-0.39, 0.29) is 0 Å². The first-order valence-corrected chi connectivity index (χ1v) is 6.08. The average molecular weight is 222 g/mol. The molecule has 1 rings (SSSR count). The molecule has 2 heteroatoms. The smallest absolute Gasteiger partial charge is 0.119 e. The molecule has 0 aliphatic carbocycles. The van der Waals surface area contributed by atoms with Crippen LogP contribution in [0.4, 0.5) is 0 Å². The quantitative estimate of drug-likeness (QED) is 0.797. The summed E-state index contributed by atoms with van der Waals surface area (Å²) in [4.78, 5) is 0. The molecular formula is C14H22O2. The van der Waals surface area contributed by atoms with E-state index in [4.69, 9.17) is 4.74 Å². The molecule has 1 aromatic carbocycles. The van der Waals surface area contributed by atoms with Crippen molar-refractivity contribution in [3.63, 3.8) is 0 Å². The fraction of sp³-hybridized carbons (Fsp3) is 0.571. The van der Waals surface area contributed by atoms with Gasteiger partial charge in [-0.05, 0) is 30.5 Å². The second-order valence-corrected chi connectivity index (χ2v) is 4.24. The molecule has 0 saturated carbocycles. The van der Waals surface area contributed by atoms with Crippen LogP contribution in [0.15, 0.2) is 24.3 Å². The molecule has 0 spiro atoms. The highest BCUT2D eigenvalue weighted by atomic mass is 16.5. The summed E-state index contributed by atoms with van der Waals surface area (Å²) in [5.74, 6) is 1.47. The van der Waals surface area contributed by atoms with E-state index in [2.05, 4.69) is 13.8 Å². The lowest BCUT2D eigenvalue weighted by molar-refractivity contribution is 0.197. The summed E-state index contributed by atoms with van der Waals surface area (Å²) < 4.78 is 5.73. The Morgan fingerprint density at radius 3 is 2.50 bits per heavy atom. The molecule has 0 aliphatic rings. The minimum atomic E-state index is -0.434. The predicted molar refractivity (Wildman–Crippen MR) is 66.6 cm³/mol. The van der Waals surface area contributed by atoms with E-state index in [1.807, 2.05) is 24.3 Å². The van der Waals surface area contributed by atoms with Crippen molar-refractivity contribution < 1.29 is 9.84 Å². The van der Waals surface area contributed by atoms with Gasteiger partial charge in [-0.15, -0.1) is 0 Å². The summed E-state index contributed by atoms with van der Waals surface area (Å²) in [5, 5.41) is 9.46. The average Bonchev–Trinajstić information content (AvgIpc) is 2.31. The molecule has 1 aromatic rings. The van der Waals surface area contributed by atoms with E-state index < -0.39 is 6.10 Å².